The SMILES string of the molecule is CCNCc1nc(CN(CC(C)C)C2CC2)cs1. The van der Waals surface area contributed by atoms with Crippen LogP contribution in [0.3, 0.4) is 0 Å². The van der Waals surface area contributed by atoms with Gasteiger partial charge in [-0.25, -0.2) is 4.98 Å². The summed E-state index contributed by atoms with van der Waals surface area (Å²) in [6, 6.07) is 0.825. The van der Waals surface area contributed by atoms with Crippen LogP contribution in [-0.4, -0.2) is 29.0 Å². The highest BCUT2D eigenvalue weighted by atomic mass is 32.1. The predicted molar refractivity (Wildman–Crippen MR) is 77.8 cm³/mol. The number of nitrogens with one attached hydrogen (secondary N) is 1. The first-order valence-electron chi connectivity index (χ1n) is 7.07. The van der Waals surface area contributed by atoms with Gasteiger partial charge < -0.3 is 5.32 Å². The molecule has 4 heteroatoms. The summed E-state index contributed by atoms with van der Waals surface area (Å²) in [7, 11) is 0. The molecule has 0 aromatic carbocycles. The molecule has 2 rings (SSSR count). The molecule has 0 unspecified atom stereocenters. The highest BCUT2D eigenvalue weighted by Gasteiger charge is 2.29. The van der Waals surface area contributed by atoms with Crippen molar-refractivity contribution in [3.63, 3.8) is 0 Å². The van der Waals surface area contributed by atoms with Gasteiger partial charge in [0.25, 0.3) is 0 Å². The van der Waals surface area contributed by atoms with E-state index in [4.69, 9.17) is 4.98 Å². The smallest absolute Gasteiger partial charge is 0.107 e. The van der Waals surface area contributed by atoms with Crippen molar-refractivity contribution >= 4 is 11.3 Å². The Morgan fingerprint density at radius 1 is 1.50 bits per heavy atom. The molecule has 0 spiro atoms. The van der Waals surface area contributed by atoms with Gasteiger partial charge in [0.05, 0.1) is 5.69 Å². The van der Waals surface area contributed by atoms with Gasteiger partial charge in [-0.05, 0) is 25.3 Å². The van der Waals surface area contributed by atoms with Gasteiger partial charge in [0.1, 0.15) is 5.01 Å². The summed E-state index contributed by atoms with van der Waals surface area (Å²) >= 11 is 1.78. The zero-order chi connectivity index (χ0) is 13.0. The number of thiazole rings is 1. The summed E-state index contributed by atoms with van der Waals surface area (Å²) in [6.07, 6.45) is 2.75. The van der Waals surface area contributed by atoms with E-state index in [1.54, 1.807) is 11.3 Å². The molecule has 102 valence electrons. The molecule has 1 aliphatic carbocycles. The first-order chi connectivity index (χ1) is 8.69. The van der Waals surface area contributed by atoms with E-state index in [1.807, 2.05) is 0 Å². The highest BCUT2D eigenvalue weighted by molar-refractivity contribution is 7.09. The third kappa shape index (κ3) is 4.34. The molecule has 1 saturated carbocycles. The predicted octanol–water partition coefficient (Wildman–Crippen LogP) is 2.87. The summed E-state index contributed by atoms with van der Waals surface area (Å²) in [5.74, 6) is 0.741. The lowest BCUT2D eigenvalue weighted by atomic mass is 10.2. The lowest BCUT2D eigenvalue weighted by molar-refractivity contribution is 0.224. The lowest BCUT2D eigenvalue weighted by Gasteiger charge is -2.22. The molecule has 0 amide bonds. The summed E-state index contributed by atoms with van der Waals surface area (Å²) < 4.78 is 0. The quantitative estimate of drug-likeness (QED) is 0.785. The first-order valence-corrected chi connectivity index (χ1v) is 7.95. The standard InChI is InChI=1S/C14H25N3S/c1-4-15-7-14-16-12(10-18-14)9-17(8-11(2)3)13-5-6-13/h10-11,13,15H,4-9H2,1-3H3. The van der Waals surface area contributed by atoms with E-state index in [0.717, 1.165) is 31.6 Å². The summed E-state index contributed by atoms with van der Waals surface area (Å²) in [4.78, 5) is 7.33. The monoisotopic (exact) mass is 267 g/mol. The molecule has 3 nitrogen and oxygen atoms in total. The van der Waals surface area contributed by atoms with E-state index in [2.05, 4.69) is 36.4 Å². The van der Waals surface area contributed by atoms with Gasteiger partial charge in [-0.1, -0.05) is 20.8 Å². The fourth-order valence-electron chi connectivity index (χ4n) is 2.19. The molecule has 0 saturated heterocycles. The summed E-state index contributed by atoms with van der Waals surface area (Å²) in [6.45, 7) is 10.9. The average molecular weight is 267 g/mol. The third-order valence-corrected chi connectivity index (χ3v) is 4.05. The van der Waals surface area contributed by atoms with E-state index >= 15 is 0 Å². The van der Waals surface area contributed by atoms with Crippen molar-refractivity contribution in [3.8, 4) is 0 Å². The van der Waals surface area contributed by atoms with Crippen molar-refractivity contribution in [1.82, 2.24) is 15.2 Å². The second-order valence-corrected chi connectivity index (χ2v) is 6.51. The number of hydrogen-bond donors (Lipinski definition) is 1. The maximum atomic E-state index is 4.72. The van der Waals surface area contributed by atoms with Crippen molar-refractivity contribution in [2.24, 2.45) is 5.92 Å². The normalized spacial score (nSPS) is 15.8. The molecule has 0 atom stereocenters. The van der Waals surface area contributed by atoms with Crippen LogP contribution in [0.15, 0.2) is 5.38 Å². The molecular weight excluding hydrogens is 242 g/mol. The molecule has 1 aliphatic rings. The van der Waals surface area contributed by atoms with E-state index in [-0.39, 0.29) is 0 Å². The molecular formula is C14H25N3S. The minimum Gasteiger partial charge on any atom is -0.311 e. The molecule has 1 heterocycles. The second-order valence-electron chi connectivity index (χ2n) is 5.57. The van der Waals surface area contributed by atoms with Gasteiger partial charge in [0.2, 0.25) is 0 Å². The Kier molecular flexibility index (Phi) is 5.15. The van der Waals surface area contributed by atoms with Gasteiger partial charge in [-0.3, -0.25) is 4.90 Å². The Morgan fingerprint density at radius 3 is 2.89 bits per heavy atom. The zero-order valence-corrected chi connectivity index (χ0v) is 12.6. The Morgan fingerprint density at radius 2 is 2.28 bits per heavy atom. The van der Waals surface area contributed by atoms with E-state index < -0.39 is 0 Å². The Labute approximate surface area is 115 Å². The molecule has 0 aliphatic heterocycles. The molecule has 0 radical (unpaired) electrons. The van der Waals surface area contributed by atoms with E-state index in [9.17, 15) is 0 Å². The minimum atomic E-state index is 0.741. The molecule has 1 N–H and O–H groups in total. The van der Waals surface area contributed by atoms with E-state index in [1.165, 1.54) is 30.1 Å². The van der Waals surface area contributed by atoms with Crippen LogP contribution in [0, 0.1) is 5.92 Å². The number of aromatic nitrogens is 1. The molecule has 0 bridgehead atoms. The largest absolute Gasteiger partial charge is 0.311 e. The maximum absolute atomic E-state index is 4.72. The minimum absolute atomic E-state index is 0.741. The average Bonchev–Trinajstić information content (AvgIpc) is 3.07. The van der Waals surface area contributed by atoms with Crippen molar-refractivity contribution in [1.29, 1.82) is 0 Å². The van der Waals surface area contributed by atoms with Crippen LogP contribution in [-0.2, 0) is 13.1 Å². The van der Waals surface area contributed by atoms with Gasteiger partial charge in [-0.2, -0.15) is 0 Å². The Hall–Kier alpha value is -0.450. The second kappa shape index (κ2) is 6.64. The fourth-order valence-corrected chi connectivity index (χ4v) is 2.95. The topological polar surface area (TPSA) is 28.2 Å². The van der Waals surface area contributed by atoms with Crippen LogP contribution in [0.4, 0.5) is 0 Å². The maximum Gasteiger partial charge on any atom is 0.107 e. The number of rotatable bonds is 8. The number of hydrogen-bond acceptors (Lipinski definition) is 4. The lowest BCUT2D eigenvalue weighted by Crippen LogP contribution is -2.29. The van der Waals surface area contributed by atoms with Crippen LogP contribution in [0.5, 0.6) is 0 Å². The van der Waals surface area contributed by atoms with Gasteiger partial charge >= 0.3 is 0 Å². The van der Waals surface area contributed by atoms with Crippen LogP contribution >= 0.6 is 11.3 Å². The molecule has 18 heavy (non-hydrogen) atoms. The van der Waals surface area contributed by atoms with Crippen molar-refractivity contribution in [2.75, 3.05) is 13.1 Å². The summed E-state index contributed by atoms with van der Waals surface area (Å²) in [5.41, 5.74) is 1.25. The molecule has 1 fully saturated rings. The fraction of sp³-hybridized carbons (Fsp3) is 0.786. The van der Waals surface area contributed by atoms with Gasteiger partial charge in [0.15, 0.2) is 0 Å². The van der Waals surface area contributed by atoms with Gasteiger partial charge in [-0.15, -0.1) is 11.3 Å². The van der Waals surface area contributed by atoms with Crippen LogP contribution in [0.1, 0.15) is 44.3 Å². The van der Waals surface area contributed by atoms with Crippen molar-refractivity contribution < 1.29 is 0 Å². The van der Waals surface area contributed by atoms with Crippen molar-refractivity contribution in [3.05, 3.63) is 16.1 Å². The molecule has 1 aromatic heterocycles. The Balaban J connectivity index is 1.87. The first kappa shape index (κ1) is 14.0. The van der Waals surface area contributed by atoms with Gasteiger partial charge in [0, 0.05) is 31.1 Å². The molecule has 1 aromatic rings. The van der Waals surface area contributed by atoms with Crippen LogP contribution in [0.25, 0.3) is 0 Å². The van der Waals surface area contributed by atoms with Crippen molar-refractivity contribution in [2.45, 2.75) is 52.7 Å². The Bertz CT molecular complexity index is 358. The van der Waals surface area contributed by atoms with E-state index in [0.29, 0.717) is 0 Å². The van der Waals surface area contributed by atoms with Crippen LogP contribution in [0.2, 0.25) is 0 Å². The summed E-state index contributed by atoms with van der Waals surface area (Å²) in [5, 5.41) is 6.77. The number of nitrogens with zero attached hydrogens (tertiary/aromatic N) is 2. The third-order valence-electron chi connectivity index (χ3n) is 3.15. The highest BCUT2D eigenvalue weighted by Crippen LogP contribution is 2.29. The zero-order valence-electron chi connectivity index (χ0n) is 11.8. The van der Waals surface area contributed by atoms with Crippen LogP contribution < -0.4 is 5.32 Å².